The summed E-state index contributed by atoms with van der Waals surface area (Å²) in [5.74, 6) is -3.35. The zero-order valence-corrected chi connectivity index (χ0v) is 20.6. The Bertz CT molecular complexity index is 651. The molecule has 0 aromatic heterocycles. The van der Waals surface area contributed by atoms with Gasteiger partial charge in [0.05, 0.1) is 0 Å². The van der Waals surface area contributed by atoms with Crippen LogP contribution in [0.2, 0.25) is 0 Å². The first-order valence-corrected chi connectivity index (χ1v) is 12.7. The van der Waals surface area contributed by atoms with Gasteiger partial charge in [0.2, 0.25) is 0 Å². The number of esters is 1. The highest BCUT2D eigenvalue weighted by Crippen LogP contribution is 2.35. The summed E-state index contributed by atoms with van der Waals surface area (Å²) in [7, 11) is 0. The predicted molar refractivity (Wildman–Crippen MR) is 121 cm³/mol. The highest BCUT2D eigenvalue weighted by atomic mass is 16.8. The van der Waals surface area contributed by atoms with Crippen LogP contribution in [0.1, 0.15) is 71.1 Å². The molecule has 2 aliphatic heterocycles. The van der Waals surface area contributed by atoms with Crippen molar-refractivity contribution in [3.05, 3.63) is 0 Å². The van der Waals surface area contributed by atoms with Crippen LogP contribution in [0.25, 0.3) is 0 Å². The van der Waals surface area contributed by atoms with Crippen molar-refractivity contribution in [3.63, 3.8) is 0 Å². The van der Waals surface area contributed by atoms with E-state index < -0.39 is 73.9 Å². The second-order valence-corrected chi connectivity index (χ2v) is 9.44. The molecule has 0 bridgehead atoms. The van der Waals surface area contributed by atoms with Crippen LogP contribution in [0.4, 0.5) is 0 Å². The number of carbonyl (C=O) groups excluding carboxylic acids is 1. The Hall–Kier alpha value is -0.970. The Morgan fingerprint density at radius 2 is 1.31 bits per heavy atom. The van der Waals surface area contributed by atoms with E-state index in [9.17, 15) is 45.6 Å². The summed E-state index contributed by atoms with van der Waals surface area (Å²) >= 11 is 0. The van der Waals surface area contributed by atoms with E-state index in [4.69, 9.17) is 18.9 Å². The molecule has 2 aliphatic rings. The minimum atomic E-state index is -2.51. The third-order valence-electron chi connectivity index (χ3n) is 6.52. The van der Waals surface area contributed by atoms with Crippen LogP contribution < -0.4 is 0 Å². The number of aliphatic hydroxyl groups excluding tert-OH is 8. The van der Waals surface area contributed by atoms with Crippen molar-refractivity contribution in [1.29, 1.82) is 0 Å². The number of rotatable bonds is 14. The fourth-order valence-corrected chi connectivity index (χ4v) is 4.29. The van der Waals surface area contributed by atoms with Gasteiger partial charge in [-0.15, -0.1) is 0 Å². The lowest BCUT2D eigenvalue weighted by atomic mass is 9.95. The third kappa shape index (κ3) is 8.01. The predicted octanol–water partition coefficient (Wildman–Crippen LogP) is -1.65. The average Bonchev–Trinajstić information content (AvgIpc) is 2.85. The quantitative estimate of drug-likeness (QED) is 0.0941. The molecule has 0 amide bonds. The van der Waals surface area contributed by atoms with E-state index in [0.29, 0.717) is 6.42 Å². The zero-order valence-electron chi connectivity index (χ0n) is 20.6. The van der Waals surface area contributed by atoms with Gasteiger partial charge in [-0.1, -0.05) is 58.3 Å². The van der Waals surface area contributed by atoms with Crippen molar-refractivity contribution < 1.29 is 64.6 Å². The van der Waals surface area contributed by atoms with E-state index in [0.717, 1.165) is 25.7 Å². The Morgan fingerprint density at radius 1 is 0.750 bits per heavy atom. The molecular weight excluding hydrogens is 484 g/mol. The molecule has 2 fully saturated rings. The summed E-state index contributed by atoms with van der Waals surface area (Å²) < 4.78 is 20.7. The fourth-order valence-electron chi connectivity index (χ4n) is 4.29. The molecule has 2 rings (SSSR count). The normalized spacial score (nSPS) is 39.2. The Labute approximate surface area is 210 Å². The smallest absolute Gasteiger partial charge is 0.308 e. The molecule has 10 atom stereocenters. The van der Waals surface area contributed by atoms with E-state index in [-0.39, 0.29) is 6.42 Å². The highest BCUT2D eigenvalue weighted by Gasteiger charge is 2.59. The highest BCUT2D eigenvalue weighted by molar-refractivity contribution is 5.69. The van der Waals surface area contributed by atoms with Gasteiger partial charge in [-0.3, -0.25) is 4.79 Å². The first kappa shape index (κ1) is 31.2. The molecular formula is C23H42O13. The third-order valence-corrected chi connectivity index (χ3v) is 6.52. The largest absolute Gasteiger partial charge is 0.427 e. The number of aliphatic hydroxyl groups is 8. The molecule has 0 radical (unpaired) electrons. The molecule has 0 aromatic carbocycles. The molecule has 0 aromatic rings. The zero-order chi connectivity index (χ0) is 26.9. The van der Waals surface area contributed by atoms with Gasteiger partial charge in [0, 0.05) is 6.42 Å². The van der Waals surface area contributed by atoms with Crippen molar-refractivity contribution in [2.75, 3.05) is 6.61 Å². The second kappa shape index (κ2) is 14.8. The van der Waals surface area contributed by atoms with E-state index >= 15 is 0 Å². The summed E-state index contributed by atoms with van der Waals surface area (Å²) in [6, 6.07) is 0. The van der Waals surface area contributed by atoms with Crippen LogP contribution in [-0.4, -0.2) is 115 Å². The minimum Gasteiger partial charge on any atom is -0.427 e. The van der Waals surface area contributed by atoms with Crippen LogP contribution in [-0.2, 0) is 23.7 Å². The van der Waals surface area contributed by atoms with Gasteiger partial charge in [0.1, 0.15) is 37.1 Å². The SMILES string of the molecule is CCCCCCCCCCCC(=O)O[C@@]1(CO)O[C@@H](O)[C@H](O)[C@H](O)[C@@H]1O[C@@H]1O[C@H](O)[C@@H](O)[C@H](O)[C@H]1O. The summed E-state index contributed by atoms with van der Waals surface area (Å²) in [5.41, 5.74) is 0. The number of unbranched alkanes of at least 4 members (excludes halogenated alkanes) is 8. The first-order chi connectivity index (χ1) is 17.1. The average molecular weight is 527 g/mol. The van der Waals surface area contributed by atoms with Crippen LogP contribution in [0.15, 0.2) is 0 Å². The molecule has 0 saturated carbocycles. The molecule has 13 nitrogen and oxygen atoms in total. The van der Waals surface area contributed by atoms with E-state index in [1.54, 1.807) is 0 Å². The van der Waals surface area contributed by atoms with Gasteiger partial charge in [0.25, 0.3) is 5.79 Å². The van der Waals surface area contributed by atoms with Crippen molar-refractivity contribution in [1.82, 2.24) is 0 Å². The first-order valence-electron chi connectivity index (χ1n) is 12.7. The molecule has 0 aliphatic carbocycles. The maximum atomic E-state index is 12.5. The second-order valence-electron chi connectivity index (χ2n) is 9.44. The Kier molecular flexibility index (Phi) is 12.9. The lowest BCUT2D eigenvalue weighted by molar-refractivity contribution is -0.427. The van der Waals surface area contributed by atoms with Crippen molar-refractivity contribution in [3.8, 4) is 0 Å². The fraction of sp³-hybridized carbons (Fsp3) is 0.957. The standard InChI is InChI=1S/C23H42O13/c1-2-3-4-5-6-7-8-9-10-11-13(25)35-23(12-24)19(15(27)17(29)21(32)36-23)33-22-18(30)14(26)16(28)20(31)34-22/h14-22,24,26-32H,2-12H2,1H3/t14-,15-,16-,17+,18+,19-,20-,21+,22+,23-/m0/s1. The van der Waals surface area contributed by atoms with Crippen molar-refractivity contribution in [2.45, 2.75) is 132 Å². The van der Waals surface area contributed by atoms with Gasteiger partial charge in [-0.2, -0.15) is 0 Å². The van der Waals surface area contributed by atoms with Crippen LogP contribution >= 0.6 is 0 Å². The minimum absolute atomic E-state index is 0.0609. The molecule has 8 N–H and O–H groups in total. The molecule has 0 unspecified atom stereocenters. The molecule has 0 spiro atoms. The van der Waals surface area contributed by atoms with Crippen LogP contribution in [0, 0.1) is 0 Å². The van der Waals surface area contributed by atoms with E-state index in [1.807, 2.05) is 0 Å². The summed E-state index contributed by atoms with van der Waals surface area (Å²) in [6.45, 7) is 1.03. The Balaban J connectivity index is 1.99. The molecule has 36 heavy (non-hydrogen) atoms. The van der Waals surface area contributed by atoms with Gasteiger partial charge < -0.3 is 59.8 Å². The number of ether oxygens (including phenoxy) is 4. The van der Waals surface area contributed by atoms with E-state index in [1.165, 1.54) is 25.7 Å². The Morgan fingerprint density at radius 3 is 1.89 bits per heavy atom. The van der Waals surface area contributed by atoms with Crippen molar-refractivity contribution in [2.24, 2.45) is 0 Å². The summed E-state index contributed by atoms with van der Waals surface area (Å²) in [4.78, 5) is 12.5. The summed E-state index contributed by atoms with van der Waals surface area (Å²) in [6.07, 6.45) is -8.48. The lowest BCUT2D eigenvalue weighted by Crippen LogP contribution is -2.70. The summed E-state index contributed by atoms with van der Waals surface area (Å²) in [5, 5.41) is 80.0. The van der Waals surface area contributed by atoms with Crippen LogP contribution in [0.5, 0.6) is 0 Å². The molecule has 13 heteroatoms. The maximum absolute atomic E-state index is 12.5. The topological polar surface area (TPSA) is 216 Å². The monoisotopic (exact) mass is 526 g/mol. The van der Waals surface area contributed by atoms with E-state index in [2.05, 4.69) is 6.92 Å². The van der Waals surface area contributed by atoms with Gasteiger partial charge in [0.15, 0.2) is 25.0 Å². The number of hydrogen-bond acceptors (Lipinski definition) is 13. The molecule has 2 saturated heterocycles. The number of hydrogen-bond donors (Lipinski definition) is 8. The van der Waals surface area contributed by atoms with Crippen LogP contribution in [0.3, 0.4) is 0 Å². The molecule has 2 heterocycles. The maximum Gasteiger partial charge on any atom is 0.308 e. The number of carbonyl (C=O) groups is 1. The van der Waals surface area contributed by atoms with Gasteiger partial charge in [-0.25, -0.2) is 0 Å². The molecule has 212 valence electrons. The van der Waals surface area contributed by atoms with Gasteiger partial charge in [-0.05, 0) is 6.42 Å². The lowest BCUT2D eigenvalue weighted by Gasteiger charge is -2.49. The van der Waals surface area contributed by atoms with Gasteiger partial charge >= 0.3 is 5.97 Å². The van der Waals surface area contributed by atoms with Crippen molar-refractivity contribution >= 4 is 5.97 Å².